The van der Waals surface area contributed by atoms with Crippen molar-refractivity contribution in [3.8, 4) is 0 Å². The maximum absolute atomic E-state index is 12.2. The van der Waals surface area contributed by atoms with E-state index < -0.39 is 0 Å². The molecule has 1 amide bonds. The first-order valence-corrected chi connectivity index (χ1v) is 7.68. The van der Waals surface area contributed by atoms with Crippen LogP contribution in [0.25, 0.3) is 0 Å². The van der Waals surface area contributed by atoms with Crippen LogP contribution in [0.1, 0.15) is 50.0 Å². The molecular formula is C15H23N3O2. The van der Waals surface area contributed by atoms with E-state index in [-0.39, 0.29) is 11.9 Å². The van der Waals surface area contributed by atoms with Crippen LogP contribution in [0.4, 0.5) is 0 Å². The number of rotatable bonds is 3. The number of piperidine rings is 1. The molecule has 1 aromatic rings. The Morgan fingerprint density at radius 3 is 3.05 bits per heavy atom. The lowest BCUT2D eigenvalue weighted by Gasteiger charge is -2.39. The summed E-state index contributed by atoms with van der Waals surface area (Å²) in [6, 6.07) is 2.35. The second-order valence-corrected chi connectivity index (χ2v) is 6.10. The first-order valence-electron chi connectivity index (χ1n) is 7.68. The molecule has 20 heavy (non-hydrogen) atoms. The maximum Gasteiger partial charge on any atom is 0.237 e. The lowest BCUT2D eigenvalue weighted by molar-refractivity contribution is -0.124. The largest absolute Gasteiger partial charge is 0.359 e. The minimum Gasteiger partial charge on any atom is -0.359 e. The number of aryl methyl sites for hydroxylation is 1. The molecule has 0 aromatic carbocycles. The predicted molar refractivity (Wildman–Crippen MR) is 75.0 cm³/mol. The first-order chi connectivity index (χ1) is 9.72. The molecule has 1 aliphatic heterocycles. The van der Waals surface area contributed by atoms with Crippen LogP contribution >= 0.6 is 0 Å². The summed E-state index contributed by atoms with van der Waals surface area (Å²) in [6.07, 6.45) is 7.31. The molecule has 1 saturated carbocycles. The van der Waals surface area contributed by atoms with Gasteiger partial charge in [0.1, 0.15) is 0 Å². The third kappa shape index (κ3) is 3.03. The molecule has 2 heterocycles. The molecule has 3 unspecified atom stereocenters. The number of nitrogens with zero attached hydrogens (tertiary/aromatic N) is 1. The van der Waals surface area contributed by atoms with Crippen molar-refractivity contribution in [2.24, 2.45) is 5.92 Å². The molecule has 2 aliphatic rings. The molecule has 5 heteroatoms. The van der Waals surface area contributed by atoms with Crippen LogP contribution in [-0.2, 0) is 11.3 Å². The van der Waals surface area contributed by atoms with Gasteiger partial charge in [-0.2, -0.15) is 0 Å². The summed E-state index contributed by atoms with van der Waals surface area (Å²) in [7, 11) is 0. The minimum absolute atomic E-state index is 0.0432. The van der Waals surface area contributed by atoms with Gasteiger partial charge in [-0.3, -0.25) is 4.79 Å². The summed E-state index contributed by atoms with van der Waals surface area (Å²) in [5.41, 5.74) is 0.843. The van der Waals surface area contributed by atoms with Crippen LogP contribution in [0.3, 0.4) is 0 Å². The fourth-order valence-electron chi connectivity index (χ4n) is 3.50. The summed E-state index contributed by atoms with van der Waals surface area (Å²) in [5, 5.41) is 10.3. The number of hydrogen-bond acceptors (Lipinski definition) is 4. The highest BCUT2D eigenvalue weighted by Crippen LogP contribution is 2.32. The van der Waals surface area contributed by atoms with Gasteiger partial charge in [-0.15, -0.1) is 0 Å². The van der Waals surface area contributed by atoms with Gasteiger partial charge in [0.15, 0.2) is 5.76 Å². The van der Waals surface area contributed by atoms with Gasteiger partial charge in [-0.1, -0.05) is 18.0 Å². The summed E-state index contributed by atoms with van der Waals surface area (Å²) in [6.45, 7) is 2.30. The molecule has 3 rings (SSSR count). The molecule has 0 spiro atoms. The topological polar surface area (TPSA) is 67.2 Å². The van der Waals surface area contributed by atoms with Crippen molar-refractivity contribution in [1.29, 1.82) is 0 Å². The maximum atomic E-state index is 12.2. The van der Waals surface area contributed by atoms with Crippen molar-refractivity contribution in [1.82, 2.24) is 15.8 Å². The van der Waals surface area contributed by atoms with Crippen LogP contribution in [-0.4, -0.2) is 23.1 Å². The SMILES string of the molecule is Cc1cc(CNC(=O)C2CCC3CCCCC3N2)on1. The summed E-state index contributed by atoms with van der Waals surface area (Å²) in [5.74, 6) is 1.58. The van der Waals surface area contributed by atoms with Crippen molar-refractivity contribution < 1.29 is 9.32 Å². The van der Waals surface area contributed by atoms with E-state index in [0.29, 0.717) is 18.3 Å². The van der Waals surface area contributed by atoms with Gasteiger partial charge >= 0.3 is 0 Å². The number of nitrogens with one attached hydrogen (secondary N) is 2. The van der Waals surface area contributed by atoms with Gasteiger partial charge in [-0.05, 0) is 38.5 Å². The van der Waals surface area contributed by atoms with Gasteiger partial charge < -0.3 is 15.2 Å². The van der Waals surface area contributed by atoms with E-state index in [2.05, 4.69) is 15.8 Å². The van der Waals surface area contributed by atoms with E-state index in [4.69, 9.17) is 4.52 Å². The van der Waals surface area contributed by atoms with Crippen LogP contribution in [0.2, 0.25) is 0 Å². The highest BCUT2D eigenvalue weighted by Gasteiger charge is 2.34. The molecule has 110 valence electrons. The molecule has 1 aliphatic carbocycles. The van der Waals surface area contributed by atoms with Crippen molar-refractivity contribution in [3.63, 3.8) is 0 Å². The van der Waals surface area contributed by atoms with Gasteiger partial charge in [0, 0.05) is 12.1 Å². The smallest absolute Gasteiger partial charge is 0.237 e. The van der Waals surface area contributed by atoms with Crippen LogP contribution in [0.15, 0.2) is 10.6 Å². The van der Waals surface area contributed by atoms with Gasteiger partial charge in [0.2, 0.25) is 5.91 Å². The second kappa shape index (κ2) is 5.95. The van der Waals surface area contributed by atoms with Gasteiger partial charge in [0.25, 0.3) is 0 Å². The average molecular weight is 277 g/mol. The third-order valence-electron chi connectivity index (χ3n) is 4.58. The fraction of sp³-hybridized carbons (Fsp3) is 0.733. The number of fused-ring (bicyclic) bond motifs is 1. The Kier molecular flexibility index (Phi) is 4.05. The van der Waals surface area contributed by atoms with E-state index in [1.54, 1.807) is 0 Å². The molecule has 2 fully saturated rings. The van der Waals surface area contributed by atoms with Crippen molar-refractivity contribution in [2.45, 2.75) is 64.1 Å². The predicted octanol–water partition coefficient (Wildman–Crippen LogP) is 1.91. The Balaban J connectivity index is 1.50. The summed E-state index contributed by atoms with van der Waals surface area (Å²) in [4.78, 5) is 12.2. The fourth-order valence-corrected chi connectivity index (χ4v) is 3.50. The lowest BCUT2D eigenvalue weighted by Crippen LogP contribution is -2.54. The van der Waals surface area contributed by atoms with E-state index >= 15 is 0 Å². The van der Waals surface area contributed by atoms with Crippen LogP contribution < -0.4 is 10.6 Å². The van der Waals surface area contributed by atoms with Crippen molar-refractivity contribution >= 4 is 5.91 Å². The number of hydrogen-bond donors (Lipinski definition) is 2. The zero-order valence-corrected chi connectivity index (χ0v) is 12.0. The Morgan fingerprint density at radius 1 is 1.40 bits per heavy atom. The number of carbonyl (C=O) groups is 1. The highest BCUT2D eigenvalue weighted by atomic mass is 16.5. The average Bonchev–Trinajstić information content (AvgIpc) is 2.90. The molecular weight excluding hydrogens is 254 g/mol. The molecule has 2 N–H and O–H groups in total. The molecule has 5 nitrogen and oxygen atoms in total. The van der Waals surface area contributed by atoms with Crippen molar-refractivity contribution in [2.75, 3.05) is 0 Å². The molecule has 0 radical (unpaired) electrons. The molecule has 1 aromatic heterocycles. The Labute approximate surface area is 119 Å². The standard InChI is InChI=1S/C15H23N3O2/c1-10-8-12(20-18-10)9-16-15(19)14-7-6-11-4-2-3-5-13(11)17-14/h8,11,13-14,17H,2-7,9H2,1H3,(H,16,19). The van der Waals surface area contributed by atoms with E-state index in [1.165, 1.54) is 32.1 Å². The lowest BCUT2D eigenvalue weighted by atomic mass is 9.77. The number of amides is 1. The number of carbonyl (C=O) groups excluding carboxylic acids is 1. The van der Waals surface area contributed by atoms with Gasteiger partial charge in [-0.25, -0.2) is 0 Å². The minimum atomic E-state index is -0.0432. The van der Waals surface area contributed by atoms with Crippen LogP contribution in [0, 0.1) is 12.8 Å². The van der Waals surface area contributed by atoms with Gasteiger partial charge in [0.05, 0.1) is 18.3 Å². The summed E-state index contributed by atoms with van der Waals surface area (Å²) >= 11 is 0. The zero-order chi connectivity index (χ0) is 13.9. The normalized spacial score (nSPS) is 29.8. The first kappa shape index (κ1) is 13.6. The van der Waals surface area contributed by atoms with E-state index in [9.17, 15) is 4.79 Å². The van der Waals surface area contributed by atoms with E-state index in [1.807, 2.05) is 13.0 Å². The van der Waals surface area contributed by atoms with Crippen molar-refractivity contribution in [3.05, 3.63) is 17.5 Å². The molecule has 3 atom stereocenters. The Hall–Kier alpha value is -1.36. The second-order valence-electron chi connectivity index (χ2n) is 6.10. The zero-order valence-electron chi connectivity index (χ0n) is 12.0. The monoisotopic (exact) mass is 277 g/mol. The Morgan fingerprint density at radius 2 is 2.25 bits per heavy atom. The van der Waals surface area contributed by atoms with E-state index in [0.717, 1.165) is 18.0 Å². The molecule has 1 saturated heterocycles. The Bertz CT molecular complexity index is 471. The number of aromatic nitrogens is 1. The quantitative estimate of drug-likeness (QED) is 0.885. The molecule has 0 bridgehead atoms. The highest BCUT2D eigenvalue weighted by molar-refractivity contribution is 5.81. The third-order valence-corrected chi connectivity index (χ3v) is 4.58. The van der Waals surface area contributed by atoms with Crippen LogP contribution in [0.5, 0.6) is 0 Å². The summed E-state index contributed by atoms with van der Waals surface area (Å²) < 4.78 is 5.10.